The van der Waals surface area contributed by atoms with Gasteiger partial charge in [0.05, 0.1) is 11.3 Å². The van der Waals surface area contributed by atoms with E-state index in [4.69, 9.17) is 24.5 Å². The minimum atomic E-state index is -5.08. The molecule has 2 saturated heterocycles. The zero-order valence-corrected chi connectivity index (χ0v) is 21.1. The number of nitrogens with zero attached hydrogens (tertiary/aromatic N) is 2. The highest BCUT2D eigenvalue weighted by Gasteiger charge is 2.42. The fourth-order valence-electron chi connectivity index (χ4n) is 4.18. The van der Waals surface area contributed by atoms with E-state index in [9.17, 15) is 31.1 Å². The number of carboxylic acid groups (broad SMARTS) is 2. The number of ether oxygens (including phenoxy) is 1. The molecule has 0 bridgehead atoms. The number of aliphatic carboxylic acids is 2. The first-order valence-electron chi connectivity index (χ1n) is 12.2. The summed E-state index contributed by atoms with van der Waals surface area (Å²) in [5, 5.41) is 17.5. The van der Waals surface area contributed by atoms with Crippen LogP contribution in [0.4, 0.5) is 26.3 Å². The standard InChI is InChI=1S/C20H29N3O2.2C2HF3O2/c1-15-3-2-9-21-18(15)14-23-10-7-20(8-11-23)13-17(6-12-25-20)22-19(24)16-4-5-16;2*3-2(4,5)1(6)7/h2-3,9,16-17H,4-8,10-14H2,1H3,(H,22,24);2*(H,6,7). The number of halogens is 6. The van der Waals surface area contributed by atoms with E-state index in [1.807, 2.05) is 12.3 Å². The van der Waals surface area contributed by atoms with Gasteiger partial charge >= 0.3 is 24.3 Å². The van der Waals surface area contributed by atoms with Crippen molar-refractivity contribution in [3.05, 3.63) is 29.6 Å². The van der Waals surface area contributed by atoms with Gasteiger partial charge in [0.2, 0.25) is 5.91 Å². The largest absolute Gasteiger partial charge is 0.490 e. The Labute approximate surface area is 220 Å². The lowest BCUT2D eigenvalue weighted by Crippen LogP contribution is -2.53. The third kappa shape index (κ3) is 11.0. The van der Waals surface area contributed by atoms with Crippen molar-refractivity contribution in [1.82, 2.24) is 15.2 Å². The Balaban J connectivity index is 0.000000317. The third-order valence-electron chi connectivity index (χ3n) is 6.53. The molecular weight excluding hydrogens is 540 g/mol. The molecule has 1 aliphatic carbocycles. The molecule has 9 nitrogen and oxygen atoms in total. The van der Waals surface area contributed by atoms with Crippen molar-refractivity contribution in [2.45, 2.75) is 76.0 Å². The Hall–Kier alpha value is -2.94. The van der Waals surface area contributed by atoms with E-state index < -0.39 is 24.3 Å². The number of piperidine rings is 1. The molecule has 1 aromatic heterocycles. The molecule has 1 saturated carbocycles. The molecule has 1 atom stereocenters. The van der Waals surface area contributed by atoms with Gasteiger partial charge in [-0.15, -0.1) is 0 Å². The Morgan fingerprint density at radius 1 is 1.05 bits per heavy atom. The Bertz CT molecular complexity index is 967. The Morgan fingerprint density at radius 2 is 1.59 bits per heavy atom. The summed E-state index contributed by atoms with van der Waals surface area (Å²) in [5.74, 6) is -4.95. The lowest BCUT2D eigenvalue weighted by molar-refractivity contribution is -0.193. The lowest BCUT2D eigenvalue weighted by atomic mass is 9.82. The van der Waals surface area contributed by atoms with Gasteiger partial charge in [-0.25, -0.2) is 9.59 Å². The monoisotopic (exact) mass is 571 g/mol. The number of carbonyl (C=O) groups excluding carboxylic acids is 1. The van der Waals surface area contributed by atoms with Crippen LogP contribution in [0.15, 0.2) is 18.3 Å². The number of aromatic nitrogens is 1. The van der Waals surface area contributed by atoms with Gasteiger partial charge in [-0.2, -0.15) is 26.3 Å². The van der Waals surface area contributed by atoms with Crippen LogP contribution in [0.5, 0.6) is 0 Å². The van der Waals surface area contributed by atoms with Crippen LogP contribution in [-0.2, 0) is 25.7 Å². The molecule has 220 valence electrons. The average molecular weight is 572 g/mol. The topological polar surface area (TPSA) is 129 Å². The highest BCUT2D eigenvalue weighted by Crippen LogP contribution is 2.36. The van der Waals surface area contributed by atoms with Crippen LogP contribution in [0.25, 0.3) is 0 Å². The molecule has 1 amide bonds. The smallest absolute Gasteiger partial charge is 0.475 e. The maximum absolute atomic E-state index is 12.1. The molecule has 1 unspecified atom stereocenters. The van der Waals surface area contributed by atoms with Gasteiger partial charge in [-0.05, 0) is 57.1 Å². The van der Waals surface area contributed by atoms with Crippen LogP contribution in [-0.4, -0.2) is 81.6 Å². The molecule has 0 radical (unpaired) electrons. The first-order chi connectivity index (χ1) is 18.0. The van der Waals surface area contributed by atoms with Crippen LogP contribution in [0.1, 0.15) is 49.8 Å². The SMILES string of the molecule is Cc1cccnc1CN1CCC2(CC1)CC(NC(=O)C1CC1)CCO2.O=C(O)C(F)(F)F.O=C(O)C(F)(F)F. The van der Waals surface area contributed by atoms with E-state index in [1.165, 1.54) is 11.3 Å². The summed E-state index contributed by atoms with van der Waals surface area (Å²) in [4.78, 5) is 36.9. The molecule has 2 aliphatic heterocycles. The number of nitrogens with one attached hydrogen (secondary N) is 1. The minimum Gasteiger partial charge on any atom is -0.475 e. The number of alkyl halides is 6. The molecule has 3 fully saturated rings. The van der Waals surface area contributed by atoms with Crippen molar-refractivity contribution in [3.8, 4) is 0 Å². The van der Waals surface area contributed by atoms with Crippen molar-refractivity contribution >= 4 is 17.8 Å². The van der Waals surface area contributed by atoms with Crippen molar-refractivity contribution in [2.24, 2.45) is 5.92 Å². The number of amides is 1. The maximum Gasteiger partial charge on any atom is 0.490 e. The molecule has 15 heteroatoms. The zero-order chi connectivity index (χ0) is 29.4. The third-order valence-corrected chi connectivity index (χ3v) is 6.53. The second-order valence-electron chi connectivity index (χ2n) is 9.65. The number of hydrogen-bond acceptors (Lipinski definition) is 6. The zero-order valence-electron chi connectivity index (χ0n) is 21.1. The summed E-state index contributed by atoms with van der Waals surface area (Å²) in [6.45, 7) is 5.91. The summed E-state index contributed by atoms with van der Waals surface area (Å²) in [7, 11) is 0. The number of carbonyl (C=O) groups is 3. The van der Waals surface area contributed by atoms with Gasteiger partial charge in [-0.1, -0.05) is 6.07 Å². The van der Waals surface area contributed by atoms with Gasteiger partial charge in [-0.3, -0.25) is 14.7 Å². The van der Waals surface area contributed by atoms with Crippen LogP contribution in [0.3, 0.4) is 0 Å². The predicted molar refractivity (Wildman–Crippen MR) is 123 cm³/mol. The van der Waals surface area contributed by atoms with E-state index in [2.05, 4.69) is 28.2 Å². The molecule has 3 heterocycles. The molecular formula is C24H31F6N3O6. The summed E-state index contributed by atoms with van der Waals surface area (Å²) < 4.78 is 69.7. The van der Waals surface area contributed by atoms with Gasteiger partial charge in [0.25, 0.3) is 0 Å². The number of rotatable bonds is 4. The highest BCUT2D eigenvalue weighted by molar-refractivity contribution is 5.81. The molecule has 3 aliphatic rings. The van der Waals surface area contributed by atoms with Crippen molar-refractivity contribution in [1.29, 1.82) is 0 Å². The van der Waals surface area contributed by atoms with Gasteiger partial charge < -0.3 is 20.3 Å². The second-order valence-corrected chi connectivity index (χ2v) is 9.65. The van der Waals surface area contributed by atoms with E-state index >= 15 is 0 Å². The number of likely N-dealkylation sites (tertiary alicyclic amines) is 1. The molecule has 0 aromatic carbocycles. The van der Waals surface area contributed by atoms with Crippen molar-refractivity contribution in [3.63, 3.8) is 0 Å². The fourth-order valence-corrected chi connectivity index (χ4v) is 4.18. The number of pyridine rings is 1. The fraction of sp³-hybridized carbons (Fsp3) is 0.667. The summed E-state index contributed by atoms with van der Waals surface area (Å²) >= 11 is 0. The van der Waals surface area contributed by atoms with Gasteiger partial charge in [0.1, 0.15) is 0 Å². The molecule has 39 heavy (non-hydrogen) atoms. The highest BCUT2D eigenvalue weighted by atomic mass is 19.4. The Morgan fingerprint density at radius 3 is 2.05 bits per heavy atom. The van der Waals surface area contributed by atoms with E-state index in [0.29, 0.717) is 12.0 Å². The van der Waals surface area contributed by atoms with Crippen molar-refractivity contribution < 1.29 is 55.7 Å². The van der Waals surface area contributed by atoms with Crippen LogP contribution in [0, 0.1) is 12.8 Å². The van der Waals surface area contributed by atoms with Gasteiger partial charge in [0, 0.05) is 44.4 Å². The van der Waals surface area contributed by atoms with Crippen LogP contribution in [0.2, 0.25) is 0 Å². The lowest BCUT2D eigenvalue weighted by Gasteiger charge is -2.46. The first-order valence-corrected chi connectivity index (χ1v) is 12.2. The quantitative estimate of drug-likeness (QED) is 0.467. The summed E-state index contributed by atoms with van der Waals surface area (Å²) in [6, 6.07) is 4.42. The van der Waals surface area contributed by atoms with Gasteiger partial charge in [0.15, 0.2) is 0 Å². The number of hydrogen-bond donors (Lipinski definition) is 3. The first kappa shape index (κ1) is 32.3. The average Bonchev–Trinajstić information content (AvgIpc) is 3.68. The van der Waals surface area contributed by atoms with E-state index in [1.54, 1.807) is 0 Å². The van der Waals surface area contributed by atoms with Crippen LogP contribution >= 0.6 is 0 Å². The number of aryl methyl sites for hydroxylation is 1. The molecule has 4 rings (SSSR count). The number of carboxylic acids is 2. The van der Waals surface area contributed by atoms with Crippen LogP contribution < -0.4 is 5.32 Å². The molecule has 1 spiro atoms. The van der Waals surface area contributed by atoms with E-state index in [0.717, 1.165) is 64.8 Å². The predicted octanol–water partition coefficient (Wildman–Crippen LogP) is 3.70. The van der Waals surface area contributed by atoms with E-state index in [-0.39, 0.29) is 11.5 Å². The minimum absolute atomic E-state index is 0.0323. The maximum atomic E-state index is 12.1. The second kappa shape index (κ2) is 13.4. The van der Waals surface area contributed by atoms with Crippen molar-refractivity contribution in [2.75, 3.05) is 19.7 Å². The molecule has 1 aromatic rings. The molecule has 3 N–H and O–H groups in total. The summed E-state index contributed by atoms with van der Waals surface area (Å²) in [6.07, 6.45) is -2.11. The normalized spacial score (nSPS) is 21.1. The summed E-state index contributed by atoms with van der Waals surface area (Å²) in [5.41, 5.74) is 2.41. The Kier molecular flexibility index (Phi) is 11.1.